The minimum absolute atomic E-state index is 0.0332. The second-order valence-electron chi connectivity index (χ2n) is 4.61. The van der Waals surface area contributed by atoms with E-state index in [0.29, 0.717) is 17.3 Å². The lowest BCUT2D eigenvalue weighted by Gasteiger charge is -2.16. The molecule has 0 fully saturated rings. The molecule has 0 aliphatic carbocycles. The van der Waals surface area contributed by atoms with E-state index in [1.54, 1.807) is 6.07 Å². The third-order valence-corrected chi connectivity index (χ3v) is 2.97. The van der Waals surface area contributed by atoms with Crippen molar-refractivity contribution in [2.24, 2.45) is 0 Å². The highest BCUT2D eigenvalue weighted by Crippen LogP contribution is 2.38. The normalized spacial score (nSPS) is 9.83. The third-order valence-electron chi connectivity index (χ3n) is 2.97. The molecule has 0 saturated heterocycles. The molecule has 0 amide bonds. The fourth-order valence-electron chi connectivity index (χ4n) is 2.15. The van der Waals surface area contributed by atoms with Crippen molar-refractivity contribution in [3.63, 3.8) is 0 Å². The standard InChI is InChI=1S/C14H14F3NO.2C2H6/c1-7(2)9-3-8(18)4-10-11(16)5-12(17)14(13(9)10)19-6-15;2*1-2/h3-5,7H,6,18H2,1-2H3;2*1-2H3. The molecule has 2 rings (SSSR count). The van der Waals surface area contributed by atoms with Crippen molar-refractivity contribution in [2.75, 3.05) is 12.6 Å². The molecule has 2 N–H and O–H groups in total. The summed E-state index contributed by atoms with van der Waals surface area (Å²) < 4.78 is 44.7. The van der Waals surface area contributed by atoms with Crippen molar-refractivity contribution >= 4 is 16.5 Å². The predicted molar refractivity (Wildman–Crippen MR) is 91.7 cm³/mol. The molecule has 0 radical (unpaired) electrons. The van der Waals surface area contributed by atoms with Crippen LogP contribution < -0.4 is 10.5 Å². The molecule has 0 heterocycles. The lowest BCUT2D eigenvalue weighted by atomic mass is 9.94. The van der Waals surface area contributed by atoms with E-state index >= 15 is 0 Å². The van der Waals surface area contributed by atoms with E-state index in [0.717, 1.165) is 0 Å². The van der Waals surface area contributed by atoms with Crippen molar-refractivity contribution in [1.82, 2.24) is 0 Å². The summed E-state index contributed by atoms with van der Waals surface area (Å²) in [4.78, 5) is 0. The Bertz CT molecular complexity index is 627. The highest BCUT2D eigenvalue weighted by Gasteiger charge is 2.19. The second-order valence-corrected chi connectivity index (χ2v) is 4.61. The van der Waals surface area contributed by atoms with Gasteiger partial charge in [0.05, 0.1) is 0 Å². The van der Waals surface area contributed by atoms with E-state index < -0.39 is 18.5 Å². The van der Waals surface area contributed by atoms with Crippen molar-refractivity contribution in [1.29, 1.82) is 0 Å². The Morgan fingerprint density at radius 1 is 1.00 bits per heavy atom. The van der Waals surface area contributed by atoms with Crippen molar-refractivity contribution in [2.45, 2.75) is 47.5 Å². The zero-order valence-corrected chi connectivity index (χ0v) is 14.6. The summed E-state index contributed by atoms with van der Waals surface area (Å²) in [7, 11) is 0. The van der Waals surface area contributed by atoms with Gasteiger partial charge in [-0.1, -0.05) is 41.5 Å². The molecule has 0 unspecified atom stereocenters. The number of ether oxygens (including phenoxy) is 1. The van der Waals surface area contributed by atoms with Crippen LogP contribution in [0.2, 0.25) is 0 Å². The van der Waals surface area contributed by atoms with Crippen LogP contribution in [0.25, 0.3) is 10.8 Å². The third kappa shape index (κ3) is 4.78. The molecule has 130 valence electrons. The number of hydrogen-bond acceptors (Lipinski definition) is 2. The number of fused-ring (bicyclic) bond motifs is 1. The fourth-order valence-corrected chi connectivity index (χ4v) is 2.15. The van der Waals surface area contributed by atoms with E-state index in [2.05, 4.69) is 4.74 Å². The average Bonchev–Trinajstić information content (AvgIpc) is 2.54. The Hall–Kier alpha value is -1.91. The van der Waals surface area contributed by atoms with Crippen LogP contribution in [-0.2, 0) is 0 Å². The van der Waals surface area contributed by atoms with E-state index in [1.165, 1.54) is 6.07 Å². The molecule has 23 heavy (non-hydrogen) atoms. The molecule has 0 aromatic heterocycles. The first-order chi connectivity index (χ1) is 11.0. The van der Waals surface area contributed by atoms with Crippen LogP contribution in [0.4, 0.5) is 18.9 Å². The van der Waals surface area contributed by atoms with Gasteiger partial charge in [0.2, 0.25) is 6.86 Å². The minimum atomic E-state index is -1.18. The van der Waals surface area contributed by atoms with Crippen LogP contribution in [0.3, 0.4) is 0 Å². The molecule has 0 saturated carbocycles. The van der Waals surface area contributed by atoms with Crippen molar-refractivity contribution in [3.05, 3.63) is 35.4 Å². The lowest BCUT2D eigenvalue weighted by molar-refractivity contribution is 0.186. The quantitative estimate of drug-likeness (QED) is 0.682. The smallest absolute Gasteiger partial charge is 0.228 e. The zero-order valence-electron chi connectivity index (χ0n) is 14.6. The summed E-state index contributed by atoms with van der Waals surface area (Å²) in [6.45, 7) is 10.5. The summed E-state index contributed by atoms with van der Waals surface area (Å²) in [6, 6.07) is 3.69. The number of alkyl halides is 1. The van der Waals surface area contributed by atoms with E-state index in [1.807, 2.05) is 41.5 Å². The van der Waals surface area contributed by atoms with Gasteiger partial charge in [-0.25, -0.2) is 13.2 Å². The molecular weight excluding hydrogens is 303 g/mol. The first kappa shape index (κ1) is 21.1. The Kier molecular flexibility index (Phi) is 9.15. The molecule has 0 spiro atoms. The number of hydrogen-bond donors (Lipinski definition) is 1. The molecule has 0 bridgehead atoms. The highest BCUT2D eigenvalue weighted by atomic mass is 19.1. The van der Waals surface area contributed by atoms with Gasteiger partial charge in [-0.05, 0) is 23.6 Å². The minimum Gasteiger partial charge on any atom is -0.459 e. The molecule has 5 heteroatoms. The Balaban J connectivity index is 0.00000112. The van der Waals surface area contributed by atoms with Gasteiger partial charge in [0.1, 0.15) is 5.82 Å². The summed E-state index contributed by atoms with van der Waals surface area (Å²) in [6.07, 6.45) is 0. The van der Waals surface area contributed by atoms with Crippen LogP contribution in [0.1, 0.15) is 53.0 Å². The van der Waals surface area contributed by atoms with Crippen LogP contribution in [0.15, 0.2) is 18.2 Å². The van der Waals surface area contributed by atoms with Gasteiger partial charge in [-0.2, -0.15) is 0 Å². The van der Waals surface area contributed by atoms with E-state index in [-0.39, 0.29) is 22.4 Å². The maximum atomic E-state index is 13.8. The largest absolute Gasteiger partial charge is 0.459 e. The van der Waals surface area contributed by atoms with Crippen LogP contribution >= 0.6 is 0 Å². The van der Waals surface area contributed by atoms with Gasteiger partial charge in [0, 0.05) is 22.5 Å². The van der Waals surface area contributed by atoms with Crippen molar-refractivity contribution in [3.8, 4) is 5.75 Å². The highest BCUT2D eigenvalue weighted by molar-refractivity contribution is 5.94. The average molecular weight is 329 g/mol. The number of halogens is 3. The van der Waals surface area contributed by atoms with E-state index in [4.69, 9.17) is 5.73 Å². The molecule has 2 nitrogen and oxygen atoms in total. The van der Waals surface area contributed by atoms with Gasteiger partial charge in [-0.3, -0.25) is 0 Å². The Morgan fingerprint density at radius 3 is 2.04 bits per heavy atom. The monoisotopic (exact) mass is 329 g/mol. The van der Waals surface area contributed by atoms with Gasteiger partial charge >= 0.3 is 0 Å². The summed E-state index contributed by atoms with van der Waals surface area (Å²) in [5.41, 5.74) is 6.71. The van der Waals surface area contributed by atoms with Gasteiger partial charge in [0.25, 0.3) is 0 Å². The lowest BCUT2D eigenvalue weighted by Crippen LogP contribution is -2.01. The number of nitrogen functional groups attached to an aromatic ring is 1. The van der Waals surface area contributed by atoms with Gasteiger partial charge in [-0.15, -0.1) is 0 Å². The Labute approximate surface area is 136 Å². The summed E-state index contributed by atoms with van der Waals surface area (Å²) in [5.74, 6) is -1.97. The second kappa shape index (κ2) is 9.98. The maximum Gasteiger partial charge on any atom is 0.228 e. The molecule has 0 aliphatic heterocycles. The number of rotatable bonds is 3. The van der Waals surface area contributed by atoms with Gasteiger partial charge < -0.3 is 10.5 Å². The predicted octanol–water partition coefficient (Wildman–Crippen LogP) is 6.18. The van der Waals surface area contributed by atoms with Crippen LogP contribution in [-0.4, -0.2) is 6.86 Å². The molecule has 0 atom stereocenters. The molecule has 2 aromatic carbocycles. The first-order valence-corrected chi connectivity index (χ1v) is 7.85. The van der Waals surface area contributed by atoms with Gasteiger partial charge in [0.15, 0.2) is 11.6 Å². The maximum absolute atomic E-state index is 13.8. The molecular formula is C18H26F3NO. The topological polar surface area (TPSA) is 35.2 Å². The molecule has 2 aromatic rings. The van der Waals surface area contributed by atoms with E-state index in [9.17, 15) is 13.2 Å². The number of benzene rings is 2. The first-order valence-electron chi connectivity index (χ1n) is 7.85. The number of nitrogens with two attached hydrogens (primary N) is 1. The molecule has 0 aliphatic rings. The van der Waals surface area contributed by atoms with Crippen LogP contribution in [0, 0.1) is 11.6 Å². The number of anilines is 1. The fraction of sp³-hybridized carbons (Fsp3) is 0.444. The van der Waals surface area contributed by atoms with Crippen LogP contribution in [0.5, 0.6) is 5.75 Å². The SMILES string of the molecule is CC.CC.CC(C)c1cc(N)cc2c(F)cc(F)c(OCF)c12. The Morgan fingerprint density at radius 2 is 1.57 bits per heavy atom. The zero-order chi connectivity index (χ0) is 18.2. The summed E-state index contributed by atoms with van der Waals surface area (Å²) >= 11 is 0. The summed E-state index contributed by atoms with van der Waals surface area (Å²) in [5, 5.41) is 0.368. The van der Waals surface area contributed by atoms with Crippen molar-refractivity contribution < 1.29 is 17.9 Å².